The van der Waals surface area contributed by atoms with Gasteiger partial charge in [-0.05, 0) is 20.8 Å². The number of ether oxygens (including phenoxy) is 1. The number of alkyl carbamates (subject to hydrolysis) is 1. The predicted molar refractivity (Wildman–Crippen MR) is 53.6 cm³/mol. The number of nitrogens with one attached hydrogen (secondary N) is 1. The van der Waals surface area contributed by atoms with Gasteiger partial charge in [-0.2, -0.15) is 0 Å². The average Bonchev–Trinajstić information content (AvgIpc) is 2.00. The average molecular weight is 227 g/mol. The number of carboxylic acids is 1. The van der Waals surface area contributed by atoms with Gasteiger partial charge in [0.2, 0.25) is 0 Å². The standard InChI is InChI=1S/C9H17NO5.Li.H/c1-9(2,3)15-8(14)10-5-4-6(11)7(12)13;;/h6,11H,4-5H2,1-3H3,(H,10,14)(H,12,13);;/q;+1;-1/t6-;;/m0../s1. The van der Waals surface area contributed by atoms with E-state index in [0.29, 0.717) is 0 Å². The number of carbonyl (C=O) groups excluding carboxylic acids is 1. The van der Waals surface area contributed by atoms with Crippen LogP contribution in [0.2, 0.25) is 0 Å². The molecule has 0 spiro atoms. The van der Waals surface area contributed by atoms with Crippen molar-refractivity contribution < 1.29 is 44.8 Å². The molecule has 0 aromatic heterocycles. The van der Waals surface area contributed by atoms with E-state index in [9.17, 15) is 9.59 Å². The van der Waals surface area contributed by atoms with Crippen molar-refractivity contribution in [2.75, 3.05) is 6.54 Å². The normalized spacial score (nSPS) is 12.2. The molecule has 0 unspecified atom stereocenters. The van der Waals surface area contributed by atoms with E-state index in [4.69, 9.17) is 14.9 Å². The first kappa shape index (κ1) is 17.7. The summed E-state index contributed by atoms with van der Waals surface area (Å²) in [5.74, 6) is -1.30. The van der Waals surface area contributed by atoms with Gasteiger partial charge in [0.05, 0.1) is 0 Å². The van der Waals surface area contributed by atoms with Crippen LogP contribution in [-0.2, 0) is 9.53 Å². The van der Waals surface area contributed by atoms with Crippen LogP contribution in [0.15, 0.2) is 0 Å². The Bertz CT molecular complexity index is 244. The second-order valence-corrected chi connectivity index (χ2v) is 4.07. The molecule has 1 amide bonds. The number of carboxylic acid groups (broad SMARTS) is 1. The van der Waals surface area contributed by atoms with E-state index in [2.05, 4.69) is 5.32 Å². The zero-order valence-corrected chi connectivity index (χ0v) is 10.1. The molecule has 0 aliphatic heterocycles. The van der Waals surface area contributed by atoms with Crippen molar-refractivity contribution in [1.29, 1.82) is 0 Å². The maximum absolute atomic E-state index is 11.0. The van der Waals surface area contributed by atoms with Gasteiger partial charge in [-0.3, -0.25) is 0 Å². The Kier molecular flexibility index (Phi) is 8.35. The second kappa shape index (κ2) is 7.55. The zero-order chi connectivity index (χ0) is 12.1. The summed E-state index contributed by atoms with van der Waals surface area (Å²) in [4.78, 5) is 21.3. The van der Waals surface area contributed by atoms with Crippen LogP contribution in [0, 0.1) is 0 Å². The number of amides is 1. The number of carbonyl (C=O) groups is 2. The molecule has 16 heavy (non-hydrogen) atoms. The molecule has 0 rings (SSSR count). The number of aliphatic carboxylic acids is 1. The fourth-order valence-electron chi connectivity index (χ4n) is 0.749. The van der Waals surface area contributed by atoms with Crippen LogP contribution in [0.3, 0.4) is 0 Å². The van der Waals surface area contributed by atoms with Gasteiger partial charge in [0.1, 0.15) is 5.60 Å². The summed E-state index contributed by atoms with van der Waals surface area (Å²) in [5, 5.41) is 19.6. The van der Waals surface area contributed by atoms with Gasteiger partial charge in [0.15, 0.2) is 6.10 Å². The predicted octanol–water partition coefficient (Wildman–Crippen LogP) is -2.54. The Balaban J connectivity index is -0.000000980. The van der Waals surface area contributed by atoms with Crippen LogP contribution in [0.5, 0.6) is 0 Å². The third kappa shape index (κ3) is 9.84. The quantitative estimate of drug-likeness (QED) is 0.460. The van der Waals surface area contributed by atoms with Crippen molar-refractivity contribution in [2.24, 2.45) is 0 Å². The van der Waals surface area contributed by atoms with Crippen LogP contribution in [0.1, 0.15) is 28.6 Å². The number of aliphatic hydroxyl groups excluding tert-OH is 1. The van der Waals surface area contributed by atoms with Crippen molar-refractivity contribution in [3.8, 4) is 0 Å². The summed E-state index contributed by atoms with van der Waals surface area (Å²) in [6.07, 6.45) is -2.13. The van der Waals surface area contributed by atoms with Crippen molar-refractivity contribution in [3.63, 3.8) is 0 Å². The van der Waals surface area contributed by atoms with Crippen LogP contribution in [0.25, 0.3) is 0 Å². The molecule has 0 radical (unpaired) electrons. The molecule has 0 aliphatic rings. The summed E-state index contributed by atoms with van der Waals surface area (Å²) in [6.45, 7) is 5.22. The molecule has 7 heteroatoms. The summed E-state index contributed by atoms with van der Waals surface area (Å²) in [7, 11) is 0. The number of rotatable bonds is 4. The minimum atomic E-state index is -1.46. The Labute approximate surface area is 108 Å². The van der Waals surface area contributed by atoms with Gasteiger partial charge in [-0.25, -0.2) is 9.59 Å². The van der Waals surface area contributed by atoms with E-state index < -0.39 is 23.8 Å². The summed E-state index contributed by atoms with van der Waals surface area (Å²) in [6, 6.07) is 0. The van der Waals surface area contributed by atoms with Gasteiger partial charge < -0.3 is 21.7 Å². The first-order chi connectivity index (χ1) is 6.72. The Morgan fingerprint density at radius 2 is 1.94 bits per heavy atom. The van der Waals surface area contributed by atoms with Gasteiger partial charge in [0.25, 0.3) is 0 Å². The van der Waals surface area contributed by atoms with E-state index in [-0.39, 0.29) is 33.3 Å². The van der Waals surface area contributed by atoms with Crippen LogP contribution >= 0.6 is 0 Å². The van der Waals surface area contributed by atoms with Gasteiger partial charge in [0, 0.05) is 13.0 Å². The smallest absolute Gasteiger partial charge is 1.00 e. The Hall–Kier alpha value is -0.703. The maximum Gasteiger partial charge on any atom is 1.00 e. The molecule has 90 valence electrons. The second-order valence-electron chi connectivity index (χ2n) is 4.07. The number of hydrogen-bond donors (Lipinski definition) is 3. The van der Waals surface area contributed by atoms with Crippen molar-refractivity contribution in [1.82, 2.24) is 5.32 Å². The maximum atomic E-state index is 11.0. The fourth-order valence-corrected chi connectivity index (χ4v) is 0.749. The van der Waals surface area contributed by atoms with Crippen LogP contribution in [0.4, 0.5) is 4.79 Å². The zero-order valence-electron chi connectivity index (χ0n) is 11.1. The molecular formula is C9H18LiNO5. The summed E-state index contributed by atoms with van der Waals surface area (Å²) >= 11 is 0. The van der Waals surface area contributed by atoms with E-state index in [1.165, 1.54) is 0 Å². The molecule has 0 heterocycles. The van der Waals surface area contributed by atoms with E-state index >= 15 is 0 Å². The molecule has 0 fully saturated rings. The van der Waals surface area contributed by atoms with Crippen molar-refractivity contribution in [2.45, 2.75) is 38.9 Å². The Morgan fingerprint density at radius 1 is 1.44 bits per heavy atom. The first-order valence-corrected chi connectivity index (χ1v) is 4.60. The van der Waals surface area contributed by atoms with Gasteiger partial charge in [-0.1, -0.05) is 0 Å². The van der Waals surface area contributed by atoms with Crippen molar-refractivity contribution >= 4 is 12.1 Å². The molecule has 0 saturated heterocycles. The molecule has 0 aliphatic carbocycles. The molecule has 3 N–H and O–H groups in total. The van der Waals surface area contributed by atoms with Crippen molar-refractivity contribution in [3.05, 3.63) is 0 Å². The monoisotopic (exact) mass is 227 g/mol. The minimum absolute atomic E-state index is 0. The number of hydrogen-bond acceptors (Lipinski definition) is 4. The van der Waals surface area contributed by atoms with Crippen LogP contribution < -0.4 is 24.2 Å². The SMILES string of the molecule is CC(C)(C)OC(=O)NCC[C@H](O)C(=O)O.[H-].[Li+]. The first-order valence-electron chi connectivity index (χ1n) is 4.60. The molecule has 1 atom stereocenters. The minimum Gasteiger partial charge on any atom is -1.00 e. The molecule has 0 aromatic rings. The third-order valence-corrected chi connectivity index (χ3v) is 1.37. The third-order valence-electron chi connectivity index (χ3n) is 1.37. The molecular weight excluding hydrogens is 209 g/mol. The molecule has 0 aromatic carbocycles. The van der Waals surface area contributed by atoms with E-state index in [1.54, 1.807) is 20.8 Å². The topological polar surface area (TPSA) is 95.9 Å². The molecule has 0 bridgehead atoms. The van der Waals surface area contributed by atoms with Gasteiger partial charge in [-0.15, -0.1) is 0 Å². The number of aliphatic hydroxyl groups is 1. The summed E-state index contributed by atoms with van der Waals surface area (Å²) in [5.41, 5.74) is -0.588. The van der Waals surface area contributed by atoms with E-state index in [0.717, 1.165) is 0 Å². The molecule has 6 nitrogen and oxygen atoms in total. The van der Waals surface area contributed by atoms with E-state index in [1.807, 2.05) is 0 Å². The summed E-state index contributed by atoms with van der Waals surface area (Å²) < 4.78 is 4.90. The van der Waals surface area contributed by atoms with Crippen LogP contribution in [-0.4, -0.2) is 40.5 Å². The molecule has 0 saturated carbocycles. The fraction of sp³-hybridized carbons (Fsp3) is 0.778. The van der Waals surface area contributed by atoms with Gasteiger partial charge >= 0.3 is 30.9 Å². The Morgan fingerprint density at radius 3 is 2.31 bits per heavy atom. The largest absolute Gasteiger partial charge is 1.00 e.